The Balaban J connectivity index is 1.77. The number of hydrogen-bond donors (Lipinski definition) is 1. The van der Waals surface area contributed by atoms with Gasteiger partial charge < -0.3 is 5.32 Å². The van der Waals surface area contributed by atoms with Gasteiger partial charge in [0.2, 0.25) is 5.91 Å². The normalized spacial score (nSPS) is 14.1. The third-order valence-corrected chi connectivity index (χ3v) is 3.24. The number of amides is 1. The Hall–Kier alpha value is -2.36. The molecule has 1 saturated carbocycles. The zero-order valence-electron chi connectivity index (χ0n) is 10.5. The van der Waals surface area contributed by atoms with Gasteiger partial charge in [0.15, 0.2) is 0 Å². The van der Waals surface area contributed by atoms with Gasteiger partial charge in [-0.15, -0.1) is 0 Å². The third kappa shape index (κ3) is 2.57. The summed E-state index contributed by atoms with van der Waals surface area (Å²) in [5.74, 6) is 0.503. The van der Waals surface area contributed by atoms with E-state index in [1.54, 1.807) is 0 Å². The Morgan fingerprint density at radius 1 is 1.37 bits per heavy atom. The molecule has 1 N–H and O–H groups in total. The molecule has 4 heteroatoms. The number of nitrogens with zero attached hydrogens (tertiary/aromatic N) is 2. The minimum atomic E-state index is -0.206. The van der Waals surface area contributed by atoms with E-state index in [2.05, 4.69) is 23.2 Å². The standard InChI is InChI=1S/C15H15N3O/c1-2-15(19)17-13-5-7-14(8-6-13)18-10-12(9-16-18)11-3-4-11/h2,5-11H,1,3-4H2,(H,17,19). The molecule has 4 nitrogen and oxygen atoms in total. The molecule has 2 aromatic rings. The summed E-state index contributed by atoms with van der Waals surface area (Å²) < 4.78 is 1.87. The summed E-state index contributed by atoms with van der Waals surface area (Å²) in [6, 6.07) is 7.58. The number of benzene rings is 1. The summed E-state index contributed by atoms with van der Waals surface area (Å²) in [5, 5.41) is 7.08. The fraction of sp³-hybridized carbons (Fsp3) is 0.200. The predicted molar refractivity (Wildman–Crippen MR) is 74.4 cm³/mol. The van der Waals surface area contributed by atoms with Crippen LogP contribution >= 0.6 is 0 Å². The lowest BCUT2D eigenvalue weighted by molar-refractivity contribution is -0.111. The van der Waals surface area contributed by atoms with E-state index in [4.69, 9.17) is 0 Å². The fourth-order valence-electron chi connectivity index (χ4n) is 2.00. The van der Waals surface area contributed by atoms with Crippen molar-refractivity contribution in [3.63, 3.8) is 0 Å². The van der Waals surface area contributed by atoms with Crippen molar-refractivity contribution in [2.45, 2.75) is 18.8 Å². The van der Waals surface area contributed by atoms with Crippen LogP contribution in [0.3, 0.4) is 0 Å². The second-order valence-corrected chi connectivity index (χ2v) is 4.73. The van der Waals surface area contributed by atoms with Crippen molar-refractivity contribution in [2.24, 2.45) is 0 Å². The molecule has 0 spiro atoms. The maximum Gasteiger partial charge on any atom is 0.247 e. The summed E-state index contributed by atoms with van der Waals surface area (Å²) in [6.07, 6.45) is 7.82. The Bertz CT molecular complexity index is 609. The van der Waals surface area contributed by atoms with Crippen molar-refractivity contribution in [3.8, 4) is 5.69 Å². The topological polar surface area (TPSA) is 46.9 Å². The molecule has 1 amide bonds. The van der Waals surface area contributed by atoms with Crippen molar-refractivity contribution in [3.05, 3.63) is 54.9 Å². The van der Waals surface area contributed by atoms with Crippen LogP contribution in [0.1, 0.15) is 24.3 Å². The van der Waals surface area contributed by atoms with Crippen LogP contribution in [0, 0.1) is 0 Å². The Kier molecular flexibility index (Phi) is 2.91. The van der Waals surface area contributed by atoms with Crippen LogP contribution in [0.5, 0.6) is 0 Å². The van der Waals surface area contributed by atoms with Gasteiger partial charge in [0.25, 0.3) is 0 Å². The van der Waals surface area contributed by atoms with Crippen LogP contribution in [-0.4, -0.2) is 15.7 Å². The third-order valence-electron chi connectivity index (χ3n) is 3.24. The highest BCUT2D eigenvalue weighted by Gasteiger charge is 2.24. The average molecular weight is 253 g/mol. The Labute approximate surface area is 111 Å². The van der Waals surface area contributed by atoms with E-state index in [1.807, 2.05) is 35.1 Å². The Morgan fingerprint density at radius 3 is 2.74 bits per heavy atom. The van der Waals surface area contributed by atoms with Gasteiger partial charge >= 0.3 is 0 Å². The lowest BCUT2D eigenvalue weighted by Gasteiger charge is -2.04. The largest absolute Gasteiger partial charge is 0.323 e. The minimum absolute atomic E-state index is 0.206. The van der Waals surface area contributed by atoms with Gasteiger partial charge in [0.1, 0.15) is 0 Å². The van der Waals surface area contributed by atoms with Gasteiger partial charge in [-0.1, -0.05) is 6.58 Å². The average Bonchev–Trinajstić information content (AvgIpc) is 3.17. The van der Waals surface area contributed by atoms with Gasteiger partial charge in [0, 0.05) is 11.9 Å². The van der Waals surface area contributed by atoms with Crippen molar-refractivity contribution in [2.75, 3.05) is 5.32 Å². The predicted octanol–water partition coefficient (Wildman–Crippen LogP) is 2.87. The lowest BCUT2D eigenvalue weighted by atomic mass is 10.2. The van der Waals surface area contributed by atoms with E-state index in [0.29, 0.717) is 5.92 Å². The van der Waals surface area contributed by atoms with E-state index >= 15 is 0 Å². The summed E-state index contributed by atoms with van der Waals surface area (Å²) in [7, 11) is 0. The molecule has 0 bridgehead atoms. The molecule has 0 atom stereocenters. The molecule has 1 fully saturated rings. The zero-order valence-corrected chi connectivity index (χ0v) is 10.5. The number of carbonyl (C=O) groups excluding carboxylic acids is 1. The zero-order chi connectivity index (χ0) is 13.2. The summed E-state index contributed by atoms with van der Waals surface area (Å²) in [4.78, 5) is 11.2. The van der Waals surface area contributed by atoms with Gasteiger partial charge in [0.05, 0.1) is 11.9 Å². The quantitative estimate of drug-likeness (QED) is 0.852. The molecule has 0 radical (unpaired) electrons. The van der Waals surface area contributed by atoms with Crippen LogP contribution in [0.2, 0.25) is 0 Å². The van der Waals surface area contributed by atoms with Crippen LogP contribution in [0.25, 0.3) is 5.69 Å². The highest BCUT2D eigenvalue weighted by atomic mass is 16.1. The summed E-state index contributed by atoms with van der Waals surface area (Å²) in [5.41, 5.74) is 3.05. The molecule has 1 aliphatic rings. The first-order valence-electron chi connectivity index (χ1n) is 6.34. The van der Waals surface area contributed by atoms with E-state index < -0.39 is 0 Å². The van der Waals surface area contributed by atoms with E-state index in [0.717, 1.165) is 11.4 Å². The molecule has 1 aromatic heterocycles. The molecule has 96 valence electrons. The highest BCUT2D eigenvalue weighted by Crippen LogP contribution is 2.39. The first-order chi connectivity index (χ1) is 9.26. The molecule has 19 heavy (non-hydrogen) atoms. The smallest absolute Gasteiger partial charge is 0.247 e. The van der Waals surface area contributed by atoms with E-state index in [-0.39, 0.29) is 5.91 Å². The molecule has 0 aliphatic heterocycles. The van der Waals surface area contributed by atoms with Gasteiger partial charge in [-0.3, -0.25) is 4.79 Å². The van der Waals surface area contributed by atoms with Crippen molar-refractivity contribution >= 4 is 11.6 Å². The summed E-state index contributed by atoms with van der Waals surface area (Å²) >= 11 is 0. The Morgan fingerprint density at radius 2 is 2.11 bits per heavy atom. The SMILES string of the molecule is C=CC(=O)Nc1ccc(-n2cc(C3CC3)cn2)cc1. The number of rotatable bonds is 4. The monoisotopic (exact) mass is 253 g/mol. The lowest BCUT2D eigenvalue weighted by Crippen LogP contribution is -2.07. The maximum atomic E-state index is 11.2. The molecule has 0 saturated heterocycles. The molecule has 1 heterocycles. The van der Waals surface area contributed by atoms with Crippen LogP contribution in [0.4, 0.5) is 5.69 Å². The molecule has 1 aliphatic carbocycles. The minimum Gasteiger partial charge on any atom is -0.323 e. The summed E-state index contributed by atoms with van der Waals surface area (Å²) in [6.45, 7) is 3.42. The highest BCUT2D eigenvalue weighted by molar-refractivity contribution is 5.98. The van der Waals surface area contributed by atoms with Crippen molar-refractivity contribution in [1.29, 1.82) is 0 Å². The maximum absolute atomic E-state index is 11.2. The van der Waals surface area contributed by atoms with E-state index in [9.17, 15) is 4.79 Å². The van der Waals surface area contributed by atoms with Crippen LogP contribution in [0.15, 0.2) is 49.3 Å². The van der Waals surface area contributed by atoms with Gasteiger partial charge in [-0.25, -0.2) is 4.68 Å². The number of carbonyl (C=O) groups is 1. The number of nitrogens with one attached hydrogen (secondary N) is 1. The molecular weight excluding hydrogens is 238 g/mol. The number of hydrogen-bond acceptors (Lipinski definition) is 2. The van der Waals surface area contributed by atoms with Crippen LogP contribution < -0.4 is 5.32 Å². The van der Waals surface area contributed by atoms with Crippen LogP contribution in [-0.2, 0) is 4.79 Å². The van der Waals surface area contributed by atoms with Gasteiger partial charge in [-0.2, -0.15) is 5.10 Å². The van der Waals surface area contributed by atoms with Crippen molar-refractivity contribution < 1.29 is 4.79 Å². The second kappa shape index (κ2) is 4.72. The van der Waals surface area contributed by atoms with E-state index in [1.165, 1.54) is 24.5 Å². The molecule has 3 rings (SSSR count). The number of aromatic nitrogens is 2. The molecule has 1 aromatic carbocycles. The van der Waals surface area contributed by atoms with Gasteiger partial charge in [-0.05, 0) is 54.7 Å². The first kappa shape index (κ1) is 11.7. The second-order valence-electron chi connectivity index (χ2n) is 4.73. The first-order valence-corrected chi connectivity index (χ1v) is 6.34. The molecule has 0 unspecified atom stereocenters. The molecular formula is C15H15N3O. The number of anilines is 1. The van der Waals surface area contributed by atoms with Crippen molar-refractivity contribution in [1.82, 2.24) is 9.78 Å². The fourth-order valence-corrected chi connectivity index (χ4v) is 2.00.